The summed E-state index contributed by atoms with van der Waals surface area (Å²) in [4.78, 5) is 30.9. The largest absolute Gasteiger partial charge is 0.352 e. The molecule has 2 aromatic rings. The average Bonchev–Trinajstić information content (AvgIpc) is 3.22. The van der Waals surface area contributed by atoms with E-state index in [2.05, 4.69) is 10.3 Å². The van der Waals surface area contributed by atoms with Crippen molar-refractivity contribution in [2.24, 2.45) is 11.3 Å². The van der Waals surface area contributed by atoms with Crippen LogP contribution in [0, 0.1) is 17.2 Å². The van der Waals surface area contributed by atoms with E-state index in [1.807, 2.05) is 17.0 Å². The monoisotopic (exact) mass is 367 g/mol. The minimum absolute atomic E-state index is 0.0159. The minimum Gasteiger partial charge on any atom is -0.352 e. The van der Waals surface area contributed by atoms with E-state index < -0.39 is 0 Å². The highest BCUT2D eigenvalue weighted by Crippen LogP contribution is 2.58. The molecule has 2 unspecified atom stereocenters. The second kappa shape index (κ2) is 7.10. The van der Waals surface area contributed by atoms with Crippen molar-refractivity contribution in [3.63, 3.8) is 0 Å². The van der Waals surface area contributed by atoms with Crippen molar-refractivity contribution < 1.29 is 14.0 Å². The quantitative estimate of drug-likeness (QED) is 0.882. The van der Waals surface area contributed by atoms with Crippen LogP contribution in [-0.2, 0) is 22.6 Å². The lowest BCUT2D eigenvalue weighted by Gasteiger charge is -2.17. The topological polar surface area (TPSA) is 62.3 Å². The SMILES string of the molecule is O=C(NCc1cccnc1)C1CC12CCN(C(=O)Cc1ccc(F)cc1)C2. The lowest BCUT2D eigenvalue weighted by Crippen LogP contribution is -2.32. The number of rotatable bonds is 5. The van der Waals surface area contributed by atoms with Gasteiger partial charge in [-0.1, -0.05) is 18.2 Å². The van der Waals surface area contributed by atoms with Crippen LogP contribution in [0.25, 0.3) is 0 Å². The van der Waals surface area contributed by atoms with E-state index in [1.165, 1.54) is 12.1 Å². The van der Waals surface area contributed by atoms with Gasteiger partial charge in [-0.05, 0) is 42.2 Å². The third-order valence-corrected chi connectivity index (χ3v) is 5.70. The summed E-state index contributed by atoms with van der Waals surface area (Å²) >= 11 is 0. The zero-order chi connectivity index (χ0) is 18.9. The van der Waals surface area contributed by atoms with Gasteiger partial charge in [0.2, 0.25) is 11.8 Å². The van der Waals surface area contributed by atoms with Crippen molar-refractivity contribution >= 4 is 11.8 Å². The van der Waals surface area contributed by atoms with E-state index >= 15 is 0 Å². The van der Waals surface area contributed by atoms with Crippen LogP contribution in [0.2, 0.25) is 0 Å². The van der Waals surface area contributed by atoms with Crippen LogP contribution in [0.3, 0.4) is 0 Å². The number of amides is 2. The number of likely N-dealkylation sites (tertiary alicyclic amines) is 1. The number of carbonyl (C=O) groups excluding carboxylic acids is 2. The fourth-order valence-electron chi connectivity index (χ4n) is 3.98. The van der Waals surface area contributed by atoms with E-state index in [1.54, 1.807) is 24.5 Å². The Morgan fingerprint density at radius 2 is 2.04 bits per heavy atom. The third-order valence-electron chi connectivity index (χ3n) is 5.70. The summed E-state index contributed by atoms with van der Waals surface area (Å²) in [6, 6.07) is 9.81. The molecule has 27 heavy (non-hydrogen) atoms. The van der Waals surface area contributed by atoms with Gasteiger partial charge in [-0.2, -0.15) is 0 Å². The summed E-state index contributed by atoms with van der Waals surface area (Å²) in [5.74, 6) is -0.214. The van der Waals surface area contributed by atoms with Gasteiger partial charge in [-0.15, -0.1) is 0 Å². The van der Waals surface area contributed by atoms with E-state index in [0.29, 0.717) is 19.6 Å². The van der Waals surface area contributed by atoms with Gasteiger partial charge < -0.3 is 10.2 Å². The molecule has 4 rings (SSSR count). The van der Waals surface area contributed by atoms with E-state index in [9.17, 15) is 14.0 Å². The molecule has 0 bridgehead atoms. The van der Waals surface area contributed by atoms with Crippen LogP contribution >= 0.6 is 0 Å². The molecule has 2 atom stereocenters. The number of halogens is 1. The average molecular weight is 367 g/mol. The molecule has 5 nitrogen and oxygen atoms in total. The Morgan fingerprint density at radius 3 is 2.78 bits per heavy atom. The standard InChI is InChI=1S/C21H22FN3O2/c22-17-5-3-15(4-6-17)10-19(26)25-9-7-21(14-25)11-18(21)20(27)24-13-16-2-1-8-23-12-16/h1-6,8,12,18H,7,9-11,13-14H2,(H,24,27). The molecular weight excluding hydrogens is 345 g/mol. The Labute approximate surface area is 157 Å². The summed E-state index contributed by atoms with van der Waals surface area (Å²) in [5.41, 5.74) is 1.73. The maximum atomic E-state index is 13.0. The first-order valence-electron chi connectivity index (χ1n) is 9.25. The molecule has 1 aromatic carbocycles. The zero-order valence-electron chi connectivity index (χ0n) is 15.0. The summed E-state index contributed by atoms with van der Waals surface area (Å²) in [5, 5.41) is 2.98. The van der Waals surface area contributed by atoms with Crippen LogP contribution < -0.4 is 5.32 Å². The zero-order valence-corrected chi connectivity index (χ0v) is 15.0. The van der Waals surface area contributed by atoms with Crippen molar-refractivity contribution in [1.82, 2.24) is 15.2 Å². The number of nitrogens with one attached hydrogen (secondary N) is 1. The van der Waals surface area contributed by atoms with Gasteiger partial charge in [-0.25, -0.2) is 4.39 Å². The molecule has 0 radical (unpaired) electrons. The molecule has 2 heterocycles. The molecule has 1 N–H and O–H groups in total. The van der Waals surface area contributed by atoms with E-state index in [-0.39, 0.29) is 35.4 Å². The highest BCUT2D eigenvalue weighted by molar-refractivity contribution is 5.84. The van der Waals surface area contributed by atoms with Crippen molar-refractivity contribution in [3.05, 3.63) is 65.7 Å². The number of nitrogens with zero attached hydrogens (tertiary/aromatic N) is 2. The molecule has 1 aromatic heterocycles. The lowest BCUT2D eigenvalue weighted by atomic mass is 10.0. The normalized spacial score (nSPS) is 23.4. The maximum absolute atomic E-state index is 13.0. The summed E-state index contributed by atoms with van der Waals surface area (Å²) in [6.45, 7) is 1.80. The minimum atomic E-state index is -0.301. The first kappa shape index (κ1) is 17.6. The van der Waals surface area contributed by atoms with Gasteiger partial charge in [0.25, 0.3) is 0 Å². The smallest absolute Gasteiger partial charge is 0.227 e. The van der Waals surface area contributed by atoms with Crippen LogP contribution in [0.15, 0.2) is 48.8 Å². The van der Waals surface area contributed by atoms with Gasteiger partial charge >= 0.3 is 0 Å². The molecular formula is C21H22FN3O2. The van der Waals surface area contributed by atoms with Crippen molar-refractivity contribution in [3.8, 4) is 0 Å². The second-order valence-corrected chi connectivity index (χ2v) is 7.57. The molecule has 1 spiro atoms. The predicted octanol–water partition coefficient (Wildman–Crippen LogP) is 2.32. The van der Waals surface area contributed by atoms with Crippen LogP contribution in [0.1, 0.15) is 24.0 Å². The molecule has 1 saturated carbocycles. The Bertz CT molecular complexity index is 840. The summed E-state index contributed by atoms with van der Waals surface area (Å²) in [6.07, 6.45) is 5.43. The van der Waals surface area contributed by atoms with Crippen molar-refractivity contribution in [2.75, 3.05) is 13.1 Å². The fourth-order valence-corrected chi connectivity index (χ4v) is 3.98. The van der Waals surface area contributed by atoms with Crippen LogP contribution in [-0.4, -0.2) is 34.8 Å². The molecule has 6 heteroatoms. The van der Waals surface area contributed by atoms with E-state index in [0.717, 1.165) is 24.0 Å². The van der Waals surface area contributed by atoms with Gasteiger partial charge in [0.1, 0.15) is 5.82 Å². The van der Waals surface area contributed by atoms with Gasteiger partial charge in [0.15, 0.2) is 0 Å². The van der Waals surface area contributed by atoms with Crippen molar-refractivity contribution in [2.45, 2.75) is 25.8 Å². The number of benzene rings is 1. The van der Waals surface area contributed by atoms with Gasteiger partial charge in [-0.3, -0.25) is 14.6 Å². The van der Waals surface area contributed by atoms with Gasteiger partial charge in [0.05, 0.1) is 6.42 Å². The molecule has 1 saturated heterocycles. The molecule has 1 aliphatic carbocycles. The maximum Gasteiger partial charge on any atom is 0.227 e. The predicted molar refractivity (Wildman–Crippen MR) is 97.9 cm³/mol. The van der Waals surface area contributed by atoms with Crippen LogP contribution in [0.5, 0.6) is 0 Å². The summed E-state index contributed by atoms with van der Waals surface area (Å²) in [7, 11) is 0. The Kier molecular flexibility index (Phi) is 4.64. The molecule has 2 amide bonds. The van der Waals surface area contributed by atoms with Crippen LogP contribution in [0.4, 0.5) is 4.39 Å². The number of aromatic nitrogens is 1. The lowest BCUT2D eigenvalue weighted by molar-refractivity contribution is -0.130. The second-order valence-electron chi connectivity index (χ2n) is 7.57. The highest BCUT2D eigenvalue weighted by Gasteiger charge is 2.61. The molecule has 2 fully saturated rings. The Morgan fingerprint density at radius 1 is 1.22 bits per heavy atom. The first-order valence-corrected chi connectivity index (χ1v) is 9.25. The molecule has 2 aliphatic rings. The Balaban J connectivity index is 1.28. The number of hydrogen-bond acceptors (Lipinski definition) is 3. The van der Waals surface area contributed by atoms with Gasteiger partial charge in [0, 0.05) is 43.4 Å². The summed E-state index contributed by atoms with van der Waals surface area (Å²) < 4.78 is 13.0. The third kappa shape index (κ3) is 3.84. The number of hydrogen-bond donors (Lipinski definition) is 1. The highest BCUT2D eigenvalue weighted by atomic mass is 19.1. The number of carbonyl (C=O) groups is 2. The Hall–Kier alpha value is -2.76. The fraction of sp³-hybridized carbons (Fsp3) is 0.381. The van der Waals surface area contributed by atoms with E-state index in [4.69, 9.17) is 0 Å². The first-order chi connectivity index (χ1) is 13.1. The molecule has 140 valence electrons. The number of pyridine rings is 1. The van der Waals surface area contributed by atoms with Crippen molar-refractivity contribution in [1.29, 1.82) is 0 Å². The molecule has 1 aliphatic heterocycles.